The summed E-state index contributed by atoms with van der Waals surface area (Å²) in [4.78, 5) is 23.0. The number of carbonyl (C=O) groups is 1. The Morgan fingerprint density at radius 3 is 2.56 bits per heavy atom. The zero-order valence-electron chi connectivity index (χ0n) is 14.8. The maximum absolute atomic E-state index is 12.5. The third-order valence-corrected chi connectivity index (χ3v) is 4.07. The van der Waals surface area contributed by atoms with Crippen molar-refractivity contribution in [1.82, 2.24) is 0 Å². The zero-order valence-corrected chi connectivity index (χ0v) is 14.8. The molecule has 7 nitrogen and oxygen atoms in total. The summed E-state index contributed by atoms with van der Waals surface area (Å²) in [5.74, 6) is 0.467. The molecule has 0 aromatic heterocycles. The van der Waals surface area contributed by atoms with Crippen LogP contribution in [0.5, 0.6) is 11.5 Å². The predicted octanol–water partition coefficient (Wildman–Crippen LogP) is 4.16. The Labute approximate surface area is 155 Å². The number of amides is 1. The Balaban J connectivity index is 1.80. The minimum atomic E-state index is -0.820. The summed E-state index contributed by atoms with van der Waals surface area (Å²) < 4.78 is 11.0. The molecule has 3 rings (SSSR count). The van der Waals surface area contributed by atoms with Crippen molar-refractivity contribution in [3.8, 4) is 11.5 Å². The molecule has 0 aliphatic rings. The number of hydrogen-bond acceptors (Lipinski definition) is 5. The minimum Gasteiger partial charge on any atom is -0.495 e. The molecular weight excluding hydrogens is 348 g/mol. The molecular formula is C20H18N2O5. The van der Waals surface area contributed by atoms with Gasteiger partial charge in [0.25, 0.3) is 11.6 Å². The van der Waals surface area contributed by atoms with E-state index < -0.39 is 16.9 Å². The van der Waals surface area contributed by atoms with Gasteiger partial charge < -0.3 is 14.8 Å². The van der Waals surface area contributed by atoms with Gasteiger partial charge in [0, 0.05) is 17.5 Å². The number of hydrogen-bond donors (Lipinski definition) is 1. The summed E-state index contributed by atoms with van der Waals surface area (Å²) >= 11 is 0. The lowest BCUT2D eigenvalue weighted by atomic mass is 10.1. The number of anilines is 1. The summed E-state index contributed by atoms with van der Waals surface area (Å²) in [6.07, 6.45) is -0.820. The highest BCUT2D eigenvalue weighted by atomic mass is 16.6. The highest BCUT2D eigenvalue weighted by Crippen LogP contribution is 2.30. The Morgan fingerprint density at radius 2 is 1.81 bits per heavy atom. The SMILES string of the molecule is COc1ccc([N+](=O)[O-])cc1NC(=O)[C@H](C)Oc1cccc2ccccc12. The van der Waals surface area contributed by atoms with Crippen LogP contribution in [0, 0.1) is 10.1 Å². The fraction of sp³-hybridized carbons (Fsp3) is 0.150. The summed E-state index contributed by atoms with van der Waals surface area (Å²) in [6.45, 7) is 1.61. The number of benzene rings is 3. The first kappa shape index (κ1) is 18.2. The molecule has 0 saturated heterocycles. The van der Waals surface area contributed by atoms with Crippen LogP contribution in [0.1, 0.15) is 6.92 Å². The van der Waals surface area contributed by atoms with Gasteiger partial charge in [0.2, 0.25) is 0 Å². The second-order valence-corrected chi connectivity index (χ2v) is 5.87. The fourth-order valence-electron chi connectivity index (χ4n) is 2.68. The molecule has 1 amide bonds. The predicted molar refractivity (Wildman–Crippen MR) is 102 cm³/mol. The molecule has 1 atom stereocenters. The average Bonchev–Trinajstić information content (AvgIpc) is 2.68. The lowest BCUT2D eigenvalue weighted by molar-refractivity contribution is -0.384. The Morgan fingerprint density at radius 1 is 1.07 bits per heavy atom. The third kappa shape index (κ3) is 3.98. The first-order valence-corrected chi connectivity index (χ1v) is 8.27. The van der Waals surface area contributed by atoms with Gasteiger partial charge in [-0.15, -0.1) is 0 Å². The molecule has 0 aliphatic carbocycles. The van der Waals surface area contributed by atoms with E-state index in [0.29, 0.717) is 11.5 Å². The van der Waals surface area contributed by atoms with Gasteiger partial charge in [-0.2, -0.15) is 0 Å². The first-order valence-electron chi connectivity index (χ1n) is 8.27. The highest BCUT2D eigenvalue weighted by molar-refractivity contribution is 5.96. The van der Waals surface area contributed by atoms with Crippen LogP contribution >= 0.6 is 0 Å². The van der Waals surface area contributed by atoms with Gasteiger partial charge in [0.05, 0.1) is 17.7 Å². The summed E-state index contributed by atoms with van der Waals surface area (Å²) in [7, 11) is 1.42. The fourth-order valence-corrected chi connectivity index (χ4v) is 2.68. The van der Waals surface area contributed by atoms with E-state index in [0.717, 1.165) is 10.8 Å². The van der Waals surface area contributed by atoms with Crippen molar-refractivity contribution >= 4 is 28.1 Å². The Bertz CT molecular complexity index is 997. The number of carbonyl (C=O) groups excluding carboxylic acids is 1. The number of nitro groups is 1. The molecule has 1 N–H and O–H groups in total. The molecule has 0 bridgehead atoms. The van der Waals surface area contributed by atoms with E-state index in [1.165, 1.54) is 25.3 Å². The second kappa shape index (κ2) is 7.74. The number of rotatable bonds is 6. The maximum atomic E-state index is 12.5. The van der Waals surface area contributed by atoms with Gasteiger partial charge >= 0.3 is 0 Å². The van der Waals surface area contributed by atoms with Crippen LogP contribution in [0.25, 0.3) is 10.8 Å². The van der Waals surface area contributed by atoms with Crippen LogP contribution in [0.15, 0.2) is 60.7 Å². The molecule has 0 fully saturated rings. The van der Waals surface area contributed by atoms with Crippen molar-refractivity contribution in [2.45, 2.75) is 13.0 Å². The molecule has 138 valence electrons. The molecule has 0 aliphatic heterocycles. The smallest absolute Gasteiger partial charge is 0.271 e. The number of non-ortho nitro benzene ring substituents is 1. The molecule has 0 heterocycles. The molecule has 0 unspecified atom stereocenters. The molecule has 0 radical (unpaired) electrons. The number of ether oxygens (including phenoxy) is 2. The van der Waals surface area contributed by atoms with Crippen LogP contribution in [0.4, 0.5) is 11.4 Å². The van der Waals surface area contributed by atoms with Gasteiger partial charge in [-0.3, -0.25) is 14.9 Å². The normalized spacial score (nSPS) is 11.6. The lowest BCUT2D eigenvalue weighted by Crippen LogP contribution is -2.30. The number of nitro benzene ring substituents is 1. The molecule has 0 saturated carbocycles. The largest absolute Gasteiger partial charge is 0.495 e. The van der Waals surface area contributed by atoms with Gasteiger partial charge in [-0.25, -0.2) is 0 Å². The van der Waals surface area contributed by atoms with E-state index in [-0.39, 0.29) is 11.4 Å². The van der Waals surface area contributed by atoms with Crippen molar-refractivity contribution in [2.24, 2.45) is 0 Å². The van der Waals surface area contributed by atoms with Crippen LogP contribution in [0.2, 0.25) is 0 Å². The van der Waals surface area contributed by atoms with E-state index in [4.69, 9.17) is 9.47 Å². The van der Waals surface area contributed by atoms with Crippen LogP contribution < -0.4 is 14.8 Å². The van der Waals surface area contributed by atoms with E-state index in [9.17, 15) is 14.9 Å². The van der Waals surface area contributed by atoms with Gasteiger partial charge in [-0.1, -0.05) is 36.4 Å². The number of nitrogens with zero attached hydrogens (tertiary/aromatic N) is 1. The van der Waals surface area contributed by atoms with E-state index in [1.807, 2.05) is 36.4 Å². The zero-order chi connectivity index (χ0) is 19.4. The van der Waals surface area contributed by atoms with Crippen molar-refractivity contribution in [1.29, 1.82) is 0 Å². The Kier molecular flexibility index (Phi) is 5.21. The van der Waals surface area contributed by atoms with Gasteiger partial charge in [0.1, 0.15) is 11.5 Å². The summed E-state index contributed by atoms with van der Waals surface area (Å²) in [5, 5.41) is 15.5. The van der Waals surface area contributed by atoms with E-state index in [2.05, 4.69) is 5.32 Å². The first-order chi connectivity index (χ1) is 13.0. The second-order valence-electron chi connectivity index (χ2n) is 5.87. The third-order valence-electron chi connectivity index (χ3n) is 4.07. The van der Waals surface area contributed by atoms with Crippen LogP contribution in [0.3, 0.4) is 0 Å². The maximum Gasteiger partial charge on any atom is 0.271 e. The van der Waals surface area contributed by atoms with Crippen molar-refractivity contribution in [3.05, 3.63) is 70.8 Å². The van der Waals surface area contributed by atoms with Crippen molar-refractivity contribution < 1.29 is 19.2 Å². The van der Waals surface area contributed by atoms with E-state index >= 15 is 0 Å². The molecule has 3 aromatic carbocycles. The van der Waals surface area contributed by atoms with Crippen molar-refractivity contribution in [3.63, 3.8) is 0 Å². The number of nitrogens with one attached hydrogen (secondary N) is 1. The van der Waals surface area contributed by atoms with Gasteiger partial charge in [0.15, 0.2) is 6.10 Å². The minimum absolute atomic E-state index is 0.145. The van der Waals surface area contributed by atoms with E-state index in [1.54, 1.807) is 13.0 Å². The Hall–Kier alpha value is -3.61. The average molecular weight is 366 g/mol. The van der Waals surface area contributed by atoms with Gasteiger partial charge in [-0.05, 0) is 24.4 Å². The molecule has 0 spiro atoms. The summed E-state index contributed by atoms with van der Waals surface area (Å²) in [6, 6.07) is 17.3. The summed E-state index contributed by atoms with van der Waals surface area (Å²) in [5.41, 5.74) is 0.0683. The number of fused-ring (bicyclic) bond motifs is 1. The molecule has 7 heteroatoms. The standard InChI is InChI=1S/C20H18N2O5/c1-13(27-18-9-5-7-14-6-3-4-8-16(14)18)20(23)21-17-12-15(22(24)25)10-11-19(17)26-2/h3-13H,1-2H3,(H,21,23)/t13-/m0/s1. The van der Waals surface area contributed by atoms with Crippen LogP contribution in [-0.4, -0.2) is 24.0 Å². The molecule has 3 aromatic rings. The highest BCUT2D eigenvalue weighted by Gasteiger charge is 2.19. The monoisotopic (exact) mass is 366 g/mol. The van der Waals surface area contributed by atoms with Crippen LogP contribution in [-0.2, 0) is 4.79 Å². The topological polar surface area (TPSA) is 90.7 Å². The lowest BCUT2D eigenvalue weighted by Gasteiger charge is -2.17. The quantitative estimate of drug-likeness (QED) is 0.522. The van der Waals surface area contributed by atoms with Crippen molar-refractivity contribution in [2.75, 3.05) is 12.4 Å². The number of methoxy groups -OCH3 is 1. The molecule has 27 heavy (non-hydrogen) atoms.